The topological polar surface area (TPSA) is 183 Å². The maximum Gasteiger partial charge on any atom is 0.286 e. The van der Waals surface area contributed by atoms with Gasteiger partial charge in [0.2, 0.25) is 0 Å². The Bertz CT molecular complexity index is 1880. The van der Waals surface area contributed by atoms with E-state index >= 15 is 0 Å². The minimum absolute atomic E-state index is 0.0509. The van der Waals surface area contributed by atoms with Crippen molar-refractivity contribution in [1.82, 2.24) is 14.9 Å². The first kappa shape index (κ1) is 34.2. The lowest BCUT2D eigenvalue weighted by Gasteiger charge is -2.65. The fourth-order valence-electron chi connectivity index (χ4n) is 6.70. The summed E-state index contributed by atoms with van der Waals surface area (Å²) >= 11 is 6.15. The third-order valence-corrected chi connectivity index (χ3v) is 9.91. The van der Waals surface area contributed by atoms with E-state index in [4.69, 9.17) is 16.3 Å². The Hall–Kier alpha value is -3.72. The van der Waals surface area contributed by atoms with Crippen molar-refractivity contribution in [1.29, 1.82) is 0 Å². The van der Waals surface area contributed by atoms with Crippen molar-refractivity contribution in [2.24, 2.45) is 5.41 Å². The number of fused-ring (bicyclic) bond motifs is 1. The first-order chi connectivity index (χ1) is 22.4. The number of benzene rings is 2. The van der Waals surface area contributed by atoms with Gasteiger partial charge in [-0.25, -0.2) is 9.88 Å². The van der Waals surface area contributed by atoms with Crippen LogP contribution in [0.15, 0.2) is 72.6 Å². The molecule has 0 saturated carbocycles. The lowest BCUT2D eigenvalue weighted by Crippen LogP contribution is -2.91. The van der Waals surface area contributed by atoms with Gasteiger partial charge in [-0.05, 0) is 72.2 Å². The number of carbonyl (C=O) groups is 1. The Morgan fingerprint density at radius 3 is 2.29 bits per heavy atom. The summed E-state index contributed by atoms with van der Waals surface area (Å²) in [6, 6.07) is 14.3. The summed E-state index contributed by atoms with van der Waals surface area (Å²) in [5, 5.41) is 71.9. The molecule has 7 N–H and O–H groups in total. The normalized spacial score (nSPS) is 25.3. The van der Waals surface area contributed by atoms with Gasteiger partial charge in [-0.2, -0.15) is 0 Å². The van der Waals surface area contributed by atoms with Crippen LogP contribution in [0.25, 0.3) is 16.6 Å². The van der Waals surface area contributed by atoms with Gasteiger partial charge in [0.1, 0.15) is 17.1 Å². The van der Waals surface area contributed by atoms with Crippen molar-refractivity contribution in [3.63, 3.8) is 0 Å². The van der Waals surface area contributed by atoms with Crippen LogP contribution in [0.4, 0.5) is 5.69 Å². The van der Waals surface area contributed by atoms with Crippen LogP contribution in [0.2, 0.25) is 5.02 Å². The molecule has 48 heavy (non-hydrogen) atoms. The Morgan fingerprint density at radius 1 is 0.979 bits per heavy atom. The molecule has 0 radical (unpaired) electrons. The summed E-state index contributed by atoms with van der Waals surface area (Å²) in [6.07, 6.45) is 5.55. The van der Waals surface area contributed by atoms with E-state index in [2.05, 4.69) is 23.8 Å². The third-order valence-electron chi connectivity index (χ3n) is 9.66. The molecule has 2 aromatic carbocycles. The second kappa shape index (κ2) is 11.7. The number of rotatable bonds is 7. The summed E-state index contributed by atoms with van der Waals surface area (Å²) in [7, 11) is 2.13. The van der Waals surface area contributed by atoms with Crippen LogP contribution < -0.4 is 9.64 Å². The number of hydrogen-bond donors (Lipinski definition) is 7. The SMILES string of the molecule is BC1(O)N(CC2=C(c3ccc(Cl)cc3)CC(C)(C)CC2)C(B)(O)C(O)(O)N(c2ccc(C=O)c(Oc3cnc4[nH]ccc4c3)c2)C1(O)O. The molecule has 2 unspecified atom stereocenters. The number of aldehydes is 1. The maximum atomic E-state index is 11.9. The Kier molecular flexibility index (Phi) is 8.33. The summed E-state index contributed by atoms with van der Waals surface area (Å²) in [6.45, 7) is 4.01. The lowest BCUT2D eigenvalue weighted by molar-refractivity contribution is -0.419. The lowest BCUT2D eigenvalue weighted by atomic mass is 9.69. The molecule has 0 bridgehead atoms. The van der Waals surface area contributed by atoms with E-state index in [-0.39, 0.29) is 39.6 Å². The number of aromatic amines is 1. The van der Waals surface area contributed by atoms with Crippen molar-refractivity contribution in [2.45, 2.75) is 56.2 Å². The Balaban J connectivity index is 1.41. The zero-order valence-electron chi connectivity index (χ0n) is 27.0. The number of aromatic nitrogens is 2. The zero-order chi connectivity index (χ0) is 34.9. The number of nitrogens with one attached hydrogen (secondary N) is 1. The first-order valence-corrected chi connectivity index (χ1v) is 15.9. The monoisotopic (exact) mass is 674 g/mol. The molecule has 2 aliphatic rings. The minimum atomic E-state index is -3.43. The molecule has 2 atom stereocenters. The van der Waals surface area contributed by atoms with E-state index in [0.29, 0.717) is 29.8 Å². The average Bonchev–Trinajstić information content (AvgIpc) is 3.48. The predicted molar refractivity (Wildman–Crippen MR) is 185 cm³/mol. The second-order valence-corrected chi connectivity index (χ2v) is 14.1. The van der Waals surface area contributed by atoms with Gasteiger partial charge in [-0.1, -0.05) is 43.2 Å². The van der Waals surface area contributed by atoms with E-state index in [1.165, 1.54) is 24.4 Å². The summed E-state index contributed by atoms with van der Waals surface area (Å²) < 4.78 is 5.94. The molecule has 250 valence electrons. The van der Waals surface area contributed by atoms with Crippen LogP contribution in [0.3, 0.4) is 0 Å². The largest absolute Gasteiger partial charge is 0.455 e. The van der Waals surface area contributed by atoms with Gasteiger partial charge in [-0.3, -0.25) is 9.69 Å². The van der Waals surface area contributed by atoms with Gasteiger partial charge in [0.15, 0.2) is 33.2 Å². The van der Waals surface area contributed by atoms with Crippen molar-refractivity contribution in [3.8, 4) is 11.5 Å². The number of carbonyl (C=O) groups excluding carboxylic acids is 1. The van der Waals surface area contributed by atoms with E-state index < -0.39 is 23.1 Å². The summed E-state index contributed by atoms with van der Waals surface area (Å²) in [5.74, 6) is -6.71. The van der Waals surface area contributed by atoms with Gasteiger partial charge < -0.3 is 40.4 Å². The van der Waals surface area contributed by atoms with Crippen molar-refractivity contribution < 1.29 is 40.2 Å². The molecule has 1 aliphatic carbocycles. The fourth-order valence-corrected chi connectivity index (χ4v) is 6.83. The van der Waals surface area contributed by atoms with Crippen LogP contribution in [0.5, 0.6) is 11.5 Å². The zero-order valence-corrected chi connectivity index (χ0v) is 27.7. The highest BCUT2D eigenvalue weighted by Gasteiger charge is 2.72. The number of piperazine rings is 1. The Labute approximate surface area is 283 Å². The van der Waals surface area contributed by atoms with Gasteiger partial charge in [0, 0.05) is 29.2 Å². The summed E-state index contributed by atoms with van der Waals surface area (Å²) in [4.78, 5) is 20.3. The number of pyridine rings is 1. The highest BCUT2D eigenvalue weighted by Crippen LogP contribution is 2.49. The predicted octanol–water partition coefficient (Wildman–Crippen LogP) is 1.44. The number of halogens is 1. The van der Waals surface area contributed by atoms with Crippen LogP contribution >= 0.6 is 11.6 Å². The highest BCUT2D eigenvalue weighted by atomic mass is 35.5. The van der Waals surface area contributed by atoms with Crippen LogP contribution in [0.1, 0.15) is 49.0 Å². The first-order valence-electron chi connectivity index (χ1n) is 15.5. The van der Waals surface area contributed by atoms with Gasteiger partial charge in [0.25, 0.3) is 11.8 Å². The fraction of sp³-hybridized carbons (Fsp3) is 0.333. The molecule has 2 aromatic heterocycles. The van der Waals surface area contributed by atoms with E-state index in [0.717, 1.165) is 49.1 Å². The van der Waals surface area contributed by atoms with Crippen molar-refractivity contribution >= 4 is 55.9 Å². The number of nitrogens with zero attached hydrogens (tertiary/aromatic N) is 3. The van der Waals surface area contributed by atoms with Gasteiger partial charge >= 0.3 is 0 Å². The quantitative estimate of drug-likeness (QED) is 0.0856. The summed E-state index contributed by atoms with van der Waals surface area (Å²) in [5.41, 5.74) is -2.61. The number of anilines is 1. The minimum Gasteiger partial charge on any atom is -0.455 e. The van der Waals surface area contributed by atoms with Crippen LogP contribution in [0, 0.1) is 5.41 Å². The number of H-pyrrole nitrogens is 1. The van der Waals surface area contributed by atoms with E-state index in [1.807, 2.05) is 12.1 Å². The number of ether oxygens (including phenoxy) is 1. The van der Waals surface area contributed by atoms with Gasteiger partial charge in [0.05, 0.1) is 17.4 Å². The smallest absolute Gasteiger partial charge is 0.286 e. The highest BCUT2D eigenvalue weighted by molar-refractivity contribution is 6.30. The maximum absolute atomic E-state index is 11.9. The second-order valence-electron chi connectivity index (χ2n) is 13.7. The molecule has 12 nitrogen and oxygen atoms in total. The molecule has 1 fully saturated rings. The number of allylic oxidation sites excluding steroid dienone is 1. The van der Waals surface area contributed by atoms with Crippen molar-refractivity contribution in [3.05, 3.63) is 88.7 Å². The molecule has 1 aliphatic heterocycles. The average molecular weight is 675 g/mol. The Morgan fingerprint density at radius 2 is 1.65 bits per heavy atom. The molecular weight excluding hydrogens is 637 g/mol. The number of aliphatic hydroxyl groups is 6. The van der Waals surface area contributed by atoms with Crippen LogP contribution in [-0.2, 0) is 0 Å². The van der Waals surface area contributed by atoms with E-state index in [9.17, 15) is 35.4 Å². The third kappa shape index (κ3) is 5.61. The molecule has 6 rings (SSSR count). The molecule has 0 spiro atoms. The van der Waals surface area contributed by atoms with Crippen LogP contribution in [-0.4, -0.2) is 97.1 Å². The molecule has 3 heterocycles. The van der Waals surface area contributed by atoms with E-state index in [1.54, 1.807) is 30.5 Å². The molecular formula is C33H37B2ClN4O8. The van der Waals surface area contributed by atoms with Crippen molar-refractivity contribution in [2.75, 3.05) is 11.4 Å². The van der Waals surface area contributed by atoms with Gasteiger partial charge in [-0.15, -0.1) is 0 Å². The standard InChI is InChI=1S/C33H37B2ClN4O8/c1-29(2)11-9-21(26(15-29)19-3-6-23(36)7-4-19)17-39-30(34,42)32(44,45)40(33(46,47)31(39,35)43)24-8-5-22(18-41)27(14-24)48-25-13-20-10-12-37-28(20)38-16-25/h3-8,10,12-14,16,18,42-47H,9,11,15,17,34-35H2,1-2H3,(H,37,38). The molecule has 1 saturated heterocycles. The molecule has 15 heteroatoms. The molecule has 4 aromatic rings. The molecule has 0 amide bonds. The number of hydrogen-bond acceptors (Lipinski definition) is 11.